The van der Waals surface area contributed by atoms with Crippen LogP contribution in [-0.4, -0.2) is 36.5 Å². The molecule has 0 aliphatic rings. The predicted molar refractivity (Wildman–Crippen MR) is 115 cm³/mol. The Hall–Kier alpha value is -3.55. The van der Waals surface area contributed by atoms with Crippen molar-refractivity contribution in [2.45, 2.75) is 33.3 Å². The quantitative estimate of drug-likeness (QED) is 0.197. The number of para-hydroxylation sites is 1. The molecule has 0 amide bonds. The summed E-state index contributed by atoms with van der Waals surface area (Å²) in [5.41, 5.74) is -1.30. The summed E-state index contributed by atoms with van der Waals surface area (Å²) in [5.74, 6) is -4.61. The minimum absolute atomic E-state index is 0.0350. The number of ether oxygens (including phenoxy) is 2. The van der Waals surface area contributed by atoms with Gasteiger partial charge in [-0.2, -0.15) is 0 Å². The number of anilines is 1. The molecule has 32 heavy (non-hydrogen) atoms. The van der Waals surface area contributed by atoms with Crippen LogP contribution in [0, 0.1) is 11.6 Å². The first-order valence-electron chi connectivity index (χ1n) is 9.94. The first-order valence-corrected chi connectivity index (χ1v) is 9.94. The number of carbonyl (C=O) groups is 3. The molecule has 0 bridgehead atoms. The second kappa shape index (κ2) is 10.7. The molecular formula is C24H25F2NO5. The number of halogens is 2. The summed E-state index contributed by atoms with van der Waals surface area (Å²) < 4.78 is 37.8. The van der Waals surface area contributed by atoms with E-state index in [1.807, 2.05) is 0 Å². The van der Waals surface area contributed by atoms with E-state index in [9.17, 15) is 23.2 Å². The van der Waals surface area contributed by atoms with E-state index >= 15 is 0 Å². The molecule has 0 saturated heterocycles. The summed E-state index contributed by atoms with van der Waals surface area (Å²) in [4.78, 5) is 39.4. The normalized spacial score (nSPS) is 11.6. The number of carbonyl (C=O) groups excluding carboxylic acids is 3. The van der Waals surface area contributed by atoms with Gasteiger partial charge in [0.2, 0.25) is 5.78 Å². The van der Waals surface area contributed by atoms with Crippen LogP contribution in [0.5, 0.6) is 0 Å². The molecule has 0 atom stereocenters. The van der Waals surface area contributed by atoms with Gasteiger partial charge in [0.25, 0.3) is 0 Å². The van der Waals surface area contributed by atoms with Crippen LogP contribution in [-0.2, 0) is 19.1 Å². The number of nitrogens with zero attached hydrogens (tertiary/aromatic N) is 1. The van der Waals surface area contributed by atoms with Crippen molar-refractivity contribution >= 4 is 23.4 Å². The third-order valence-electron chi connectivity index (χ3n) is 4.01. The Balaban J connectivity index is 2.53. The summed E-state index contributed by atoms with van der Waals surface area (Å²) >= 11 is 0. The summed E-state index contributed by atoms with van der Waals surface area (Å²) in [6.07, 6.45) is 1.11. The van der Waals surface area contributed by atoms with Crippen molar-refractivity contribution < 1.29 is 32.6 Å². The van der Waals surface area contributed by atoms with Crippen molar-refractivity contribution in [1.82, 2.24) is 0 Å². The van der Waals surface area contributed by atoms with Crippen LogP contribution in [0.15, 0.2) is 60.3 Å². The van der Waals surface area contributed by atoms with Crippen LogP contribution in [0.1, 0.15) is 38.1 Å². The molecule has 0 unspecified atom stereocenters. The highest BCUT2D eigenvalue weighted by molar-refractivity contribution is 6.24. The van der Waals surface area contributed by atoms with Crippen molar-refractivity contribution in [1.29, 1.82) is 0 Å². The Kier molecular flexibility index (Phi) is 8.23. The highest BCUT2D eigenvalue weighted by atomic mass is 19.1. The molecule has 0 fully saturated rings. The average molecular weight is 445 g/mol. The van der Waals surface area contributed by atoms with E-state index in [4.69, 9.17) is 9.47 Å². The lowest BCUT2D eigenvalue weighted by atomic mass is 10.0. The van der Waals surface area contributed by atoms with Gasteiger partial charge in [0.1, 0.15) is 29.4 Å². The number of hydrogen-bond acceptors (Lipinski definition) is 6. The van der Waals surface area contributed by atoms with Crippen LogP contribution >= 0.6 is 0 Å². The number of benzene rings is 2. The molecule has 0 spiro atoms. The lowest BCUT2D eigenvalue weighted by molar-refractivity contribution is -0.153. The zero-order chi connectivity index (χ0) is 23.9. The maximum Gasteiger partial charge on any atom is 0.343 e. The molecule has 0 aromatic heterocycles. The monoisotopic (exact) mass is 445 g/mol. The molecule has 6 nitrogen and oxygen atoms in total. The summed E-state index contributed by atoms with van der Waals surface area (Å²) in [7, 11) is 0. The van der Waals surface area contributed by atoms with Crippen molar-refractivity contribution in [2.75, 3.05) is 18.1 Å². The topological polar surface area (TPSA) is 72.9 Å². The minimum atomic E-state index is -1.12. The third kappa shape index (κ3) is 7.01. The fraction of sp³-hybridized carbons (Fsp3) is 0.292. The minimum Gasteiger partial charge on any atom is -0.462 e. The van der Waals surface area contributed by atoms with E-state index in [1.54, 1.807) is 58.0 Å². The van der Waals surface area contributed by atoms with Gasteiger partial charge < -0.3 is 14.4 Å². The van der Waals surface area contributed by atoms with Crippen LogP contribution in [0.25, 0.3) is 0 Å². The van der Waals surface area contributed by atoms with Crippen LogP contribution in [0.2, 0.25) is 0 Å². The molecule has 170 valence electrons. The van der Waals surface area contributed by atoms with Crippen molar-refractivity contribution in [2.24, 2.45) is 0 Å². The van der Waals surface area contributed by atoms with Crippen molar-refractivity contribution in [3.63, 3.8) is 0 Å². The van der Waals surface area contributed by atoms with E-state index in [1.165, 1.54) is 4.90 Å². The molecular weight excluding hydrogens is 420 g/mol. The Morgan fingerprint density at radius 1 is 1.03 bits per heavy atom. The first kappa shape index (κ1) is 24.7. The maximum atomic E-state index is 14.2. The van der Waals surface area contributed by atoms with Gasteiger partial charge in [0, 0.05) is 18.0 Å². The van der Waals surface area contributed by atoms with Gasteiger partial charge in [-0.1, -0.05) is 18.2 Å². The van der Waals surface area contributed by atoms with Gasteiger partial charge >= 0.3 is 11.9 Å². The molecule has 2 rings (SSSR count). The summed E-state index contributed by atoms with van der Waals surface area (Å²) in [5, 5.41) is 0. The van der Waals surface area contributed by atoms with Gasteiger partial charge in [-0.15, -0.1) is 0 Å². The number of rotatable bonds is 8. The molecule has 0 aliphatic carbocycles. The number of esters is 2. The SMILES string of the molecule is CCOC(=O)/C(=C\N(CC(=O)OC(C)(C)C)c1ccccc1)C(=O)c1ccc(F)cc1F. The maximum absolute atomic E-state index is 14.2. The van der Waals surface area contributed by atoms with Gasteiger partial charge in [-0.05, 0) is 52.0 Å². The lowest BCUT2D eigenvalue weighted by Gasteiger charge is -2.25. The molecule has 0 radical (unpaired) electrons. The predicted octanol–water partition coefficient (Wildman–Crippen LogP) is 4.44. The highest BCUT2D eigenvalue weighted by Gasteiger charge is 2.27. The molecule has 0 saturated carbocycles. The van der Waals surface area contributed by atoms with E-state index in [0.717, 1.165) is 18.3 Å². The van der Waals surface area contributed by atoms with Gasteiger partial charge in [-0.25, -0.2) is 13.6 Å². The number of ketones is 1. The molecule has 2 aromatic carbocycles. The van der Waals surface area contributed by atoms with Gasteiger partial charge in [-0.3, -0.25) is 9.59 Å². The van der Waals surface area contributed by atoms with E-state index in [-0.39, 0.29) is 13.2 Å². The fourth-order valence-electron chi connectivity index (χ4n) is 2.73. The van der Waals surface area contributed by atoms with Crippen LogP contribution < -0.4 is 4.90 Å². The van der Waals surface area contributed by atoms with Gasteiger partial charge in [0.15, 0.2) is 0 Å². The Bertz CT molecular complexity index is 1010. The molecule has 2 aromatic rings. The average Bonchev–Trinajstić information content (AvgIpc) is 2.70. The van der Waals surface area contributed by atoms with Crippen LogP contribution in [0.3, 0.4) is 0 Å². The fourth-order valence-corrected chi connectivity index (χ4v) is 2.73. The Labute approximate surface area is 185 Å². The third-order valence-corrected chi connectivity index (χ3v) is 4.01. The molecule has 0 aliphatic heterocycles. The van der Waals surface area contributed by atoms with Crippen molar-refractivity contribution in [3.05, 3.63) is 77.5 Å². The molecule has 0 N–H and O–H groups in total. The lowest BCUT2D eigenvalue weighted by Crippen LogP contribution is -2.33. The van der Waals surface area contributed by atoms with E-state index in [2.05, 4.69) is 0 Å². The van der Waals surface area contributed by atoms with Crippen molar-refractivity contribution in [3.8, 4) is 0 Å². The van der Waals surface area contributed by atoms with E-state index in [0.29, 0.717) is 11.8 Å². The summed E-state index contributed by atoms with van der Waals surface area (Å²) in [6, 6.07) is 10.9. The number of hydrogen-bond donors (Lipinski definition) is 0. The van der Waals surface area contributed by atoms with Crippen LogP contribution in [0.4, 0.5) is 14.5 Å². The van der Waals surface area contributed by atoms with E-state index < -0.39 is 46.1 Å². The smallest absolute Gasteiger partial charge is 0.343 e. The molecule has 0 heterocycles. The highest BCUT2D eigenvalue weighted by Crippen LogP contribution is 2.20. The second-order valence-electron chi connectivity index (χ2n) is 7.77. The first-order chi connectivity index (χ1) is 15.0. The Morgan fingerprint density at radius 3 is 2.25 bits per heavy atom. The molecule has 8 heteroatoms. The standard InChI is InChI=1S/C24H25F2NO5/c1-5-31-23(30)19(22(29)18-12-11-16(25)13-20(18)26)14-27(17-9-7-6-8-10-17)15-21(28)32-24(2,3)4/h6-14H,5,15H2,1-4H3/b19-14-. The zero-order valence-electron chi connectivity index (χ0n) is 18.4. The largest absolute Gasteiger partial charge is 0.462 e. The Morgan fingerprint density at radius 2 is 1.69 bits per heavy atom. The second-order valence-corrected chi connectivity index (χ2v) is 7.77. The summed E-state index contributed by atoms with van der Waals surface area (Å²) in [6.45, 7) is 6.31. The van der Waals surface area contributed by atoms with Gasteiger partial charge in [0.05, 0.1) is 12.2 Å². The number of Topliss-reactive ketones (excluding diaryl/α,β-unsaturated/α-hetero) is 1. The zero-order valence-corrected chi connectivity index (χ0v) is 18.4.